The Morgan fingerprint density at radius 2 is 1.33 bits per heavy atom. The summed E-state index contributed by atoms with van der Waals surface area (Å²) < 4.78 is 22.6. The van der Waals surface area contributed by atoms with E-state index in [1.54, 1.807) is 6.07 Å². The van der Waals surface area contributed by atoms with Crippen LogP contribution in [0.5, 0.6) is 23.0 Å². The van der Waals surface area contributed by atoms with Gasteiger partial charge in [-0.05, 0) is 56.5 Å². The fourth-order valence-electron chi connectivity index (χ4n) is 3.10. The van der Waals surface area contributed by atoms with Crippen LogP contribution in [0.4, 0.5) is 0 Å². The normalized spacial score (nSPS) is 11.7. The highest BCUT2D eigenvalue weighted by Crippen LogP contribution is 2.33. The predicted octanol–water partition coefficient (Wildman–Crippen LogP) is 4.78. The lowest BCUT2D eigenvalue weighted by molar-refractivity contribution is -0.124. The molecule has 0 saturated carbocycles. The molecule has 0 aliphatic rings. The highest BCUT2D eigenvalue weighted by molar-refractivity contribution is 5.78. The molecule has 30 heavy (non-hydrogen) atoms. The summed E-state index contributed by atoms with van der Waals surface area (Å²) >= 11 is 0. The van der Waals surface area contributed by atoms with Gasteiger partial charge >= 0.3 is 0 Å². The van der Waals surface area contributed by atoms with Crippen LogP contribution in [0, 0.1) is 5.92 Å². The van der Waals surface area contributed by atoms with E-state index in [4.69, 9.17) is 18.9 Å². The van der Waals surface area contributed by atoms with Gasteiger partial charge in [-0.1, -0.05) is 32.0 Å². The van der Waals surface area contributed by atoms with Crippen LogP contribution in [0.3, 0.4) is 0 Å². The van der Waals surface area contributed by atoms with E-state index in [1.165, 1.54) is 0 Å². The van der Waals surface area contributed by atoms with Crippen molar-refractivity contribution in [2.75, 3.05) is 26.4 Å². The van der Waals surface area contributed by atoms with Crippen molar-refractivity contribution in [2.24, 2.45) is 5.92 Å². The molecule has 0 saturated heterocycles. The van der Waals surface area contributed by atoms with Gasteiger partial charge in [0.15, 0.2) is 29.6 Å². The fraction of sp³-hybridized carbons (Fsp3) is 0.458. The van der Waals surface area contributed by atoms with Gasteiger partial charge in [0, 0.05) is 0 Å². The third-order valence-corrected chi connectivity index (χ3v) is 4.42. The van der Waals surface area contributed by atoms with Gasteiger partial charge in [-0.3, -0.25) is 4.79 Å². The molecule has 2 rings (SSSR count). The van der Waals surface area contributed by atoms with Crippen molar-refractivity contribution < 1.29 is 23.7 Å². The zero-order valence-electron chi connectivity index (χ0n) is 18.6. The van der Waals surface area contributed by atoms with Crippen molar-refractivity contribution in [1.82, 2.24) is 5.32 Å². The molecule has 0 spiro atoms. The molecule has 6 nitrogen and oxygen atoms in total. The van der Waals surface area contributed by atoms with E-state index in [1.807, 2.05) is 57.2 Å². The largest absolute Gasteiger partial charge is 0.490 e. The average Bonchev–Trinajstić information content (AvgIpc) is 2.73. The number of hydrogen-bond acceptors (Lipinski definition) is 5. The van der Waals surface area contributed by atoms with Gasteiger partial charge in [0.05, 0.1) is 25.9 Å². The number of para-hydroxylation sites is 2. The first kappa shape index (κ1) is 23.4. The molecule has 2 aromatic rings. The number of amides is 1. The number of benzene rings is 2. The van der Waals surface area contributed by atoms with E-state index in [0.717, 1.165) is 5.56 Å². The first-order valence-corrected chi connectivity index (χ1v) is 10.5. The number of rotatable bonds is 12. The molecule has 2 aromatic carbocycles. The second-order valence-electron chi connectivity index (χ2n) is 7.03. The van der Waals surface area contributed by atoms with Gasteiger partial charge in [0.25, 0.3) is 5.91 Å². The Morgan fingerprint density at radius 3 is 1.90 bits per heavy atom. The van der Waals surface area contributed by atoms with Crippen LogP contribution in [0.1, 0.15) is 46.2 Å². The van der Waals surface area contributed by atoms with Gasteiger partial charge in [-0.25, -0.2) is 0 Å². The Bertz CT molecular complexity index is 806. The van der Waals surface area contributed by atoms with Crippen molar-refractivity contribution in [1.29, 1.82) is 0 Å². The molecule has 0 aromatic heterocycles. The zero-order chi connectivity index (χ0) is 21.9. The maximum atomic E-state index is 12.6. The summed E-state index contributed by atoms with van der Waals surface area (Å²) in [5.74, 6) is 2.53. The predicted molar refractivity (Wildman–Crippen MR) is 118 cm³/mol. The summed E-state index contributed by atoms with van der Waals surface area (Å²) in [5.41, 5.74) is 0.958. The van der Waals surface area contributed by atoms with Crippen LogP contribution in [0.25, 0.3) is 0 Å². The first-order valence-electron chi connectivity index (χ1n) is 10.5. The molecule has 0 radical (unpaired) electrons. The van der Waals surface area contributed by atoms with E-state index < -0.39 is 0 Å². The summed E-state index contributed by atoms with van der Waals surface area (Å²) in [4.78, 5) is 12.6. The minimum atomic E-state index is -0.202. The molecule has 1 atom stereocenters. The SMILES string of the molecule is CCOc1ccc(C(NC(=O)COc2ccccc2OCC)C(C)C)cc1OCC. The molecule has 0 aliphatic carbocycles. The van der Waals surface area contributed by atoms with Crippen molar-refractivity contribution in [3.05, 3.63) is 48.0 Å². The third-order valence-electron chi connectivity index (χ3n) is 4.42. The molecule has 0 bridgehead atoms. The zero-order valence-corrected chi connectivity index (χ0v) is 18.6. The third kappa shape index (κ3) is 6.58. The summed E-state index contributed by atoms with van der Waals surface area (Å²) in [7, 11) is 0. The lowest BCUT2D eigenvalue weighted by Crippen LogP contribution is -2.35. The Hall–Kier alpha value is -2.89. The van der Waals surface area contributed by atoms with Gasteiger partial charge in [-0.15, -0.1) is 0 Å². The number of carbonyl (C=O) groups excluding carboxylic acids is 1. The smallest absolute Gasteiger partial charge is 0.258 e. The maximum absolute atomic E-state index is 12.6. The Balaban J connectivity index is 2.10. The van der Waals surface area contributed by atoms with Crippen LogP contribution in [0.2, 0.25) is 0 Å². The Kier molecular flexibility index (Phi) is 9.32. The van der Waals surface area contributed by atoms with Gasteiger partial charge in [0.2, 0.25) is 0 Å². The maximum Gasteiger partial charge on any atom is 0.258 e. The second-order valence-corrected chi connectivity index (χ2v) is 7.03. The molecule has 1 unspecified atom stereocenters. The first-order chi connectivity index (χ1) is 14.5. The average molecular weight is 416 g/mol. The van der Waals surface area contributed by atoms with Crippen molar-refractivity contribution >= 4 is 5.91 Å². The quantitative estimate of drug-likeness (QED) is 0.541. The second kappa shape index (κ2) is 12.0. The molecule has 164 valence electrons. The monoisotopic (exact) mass is 415 g/mol. The van der Waals surface area contributed by atoms with Gasteiger partial charge in [0.1, 0.15) is 0 Å². The van der Waals surface area contributed by atoms with E-state index in [9.17, 15) is 4.79 Å². The van der Waals surface area contributed by atoms with Gasteiger partial charge < -0.3 is 24.3 Å². The minimum absolute atomic E-state index is 0.0946. The van der Waals surface area contributed by atoms with Crippen molar-refractivity contribution in [2.45, 2.75) is 40.7 Å². The van der Waals surface area contributed by atoms with Crippen molar-refractivity contribution in [3.63, 3.8) is 0 Å². The molecule has 0 aliphatic heterocycles. The fourth-order valence-corrected chi connectivity index (χ4v) is 3.10. The molecule has 0 fully saturated rings. The standard InChI is InChI=1S/C24H33NO5/c1-6-27-19-11-9-10-12-20(19)30-16-23(26)25-24(17(4)5)18-13-14-21(28-7-2)22(15-18)29-8-3/h9-15,17,24H,6-8,16H2,1-5H3,(H,25,26). The van der Waals surface area contributed by atoms with E-state index in [0.29, 0.717) is 42.8 Å². The highest BCUT2D eigenvalue weighted by Gasteiger charge is 2.21. The van der Waals surface area contributed by atoms with Crippen molar-refractivity contribution in [3.8, 4) is 23.0 Å². The summed E-state index contributed by atoms with van der Waals surface area (Å²) in [5, 5.41) is 3.07. The molecule has 0 heterocycles. The summed E-state index contributed by atoms with van der Waals surface area (Å²) in [6.45, 7) is 11.4. The number of hydrogen-bond donors (Lipinski definition) is 1. The van der Waals surface area contributed by atoms with Crippen LogP contribution in [-0.2, 0) is 4.79 Å². The number of ether oxygens (including phenoxy) is 4. The topological polar surface area (TPSA) is 66.0 Å². The number of carbonyl (C=O) groups is 1. The van der Waals surface area contributed by atoms with Crippen LogP contribution >= 0.6 is 0 Å². The molecule has 6 heteroatoms. The van der Waals surface area contributed by atoms with Crippen LogP contribution < -0.4 is 24.3 Å². The Labute approximate surface area is 179 Å². The van der Waals surface area contributed by atoms with E-state index in [-0.39, 0.29) is 24.5 Å². The summed E-state index contributed by atoms with van der Waals surface area (Å²) in [6.07, 6.45) is 0. The lowest BCUT2D eigenvalue weighted by Gasteiger charge is -2.24. The van der Waals surface area contributed by atoms with E-state index >= 15 is 0 Å². The molecule has 1 N–H and O–H groups in total. The summed E-state index contributed by atoms with van der Waals surface area (Å²) in [6, 6.07) is 12.9. The lowest BCUT2D eigenvalue weighted by atomic mass is 9.95. The molecule has 1 amide bonds. The molecular weight excluding hydrogens is 382 g/mol. The highest BCUT2D eigenvalue weighted by atomic mass is 16.5. The minimum Gasteiger partial charge on any atom is -0.490 e. The van der Waals surface area contributed by atoms with Crippen LogP contribution in [-0.4, -0.2) is 32.3 Å². The Morgan fingerprint density at radius 1 is 0.800 bits per heavy atom. The van der Waals surface area contributed by atoms with Crippen LogP contribution in [0.15, 0.2) is 42.5 Å². The van der Waals surface area contributed by atoms with E-state index in [2.05, 4.69) is 19.2 Å². The molecular formula is C24H33NO5. The number of nitrogens with one attached hydrogen (secondary N) is 1. The van der Waals surface area contributed by atoms with Gasteiger partial charge in [-0.2, -0.15) is 0 Å².